The second-order valence-electron chi connectivity index (χ2n) is 7.26. The Hall–Kier alpha value is -1.61. The second-order valence-corrected chi connectivity index (χ2v) is 7.26. The smallest absolute Gasteiger partial charge is 0.223 e. The van der Waals surface area contributed by atoms with Crippen molar-refractivity contribution in [3.8, 4) is 0 Å². The summed E-state index contributed by atoms with van der Waals surface area (Å²) in [6, 6.07) is 0. The monoisotopic (exact) mass is 330 g/mol. The molecule has 0 bridgehead atoms. The molecule has 0 amide bonds. The third-order valence-corrected chi connectivity index (χ3v) is 5.25. The van der Waals surface area contributed by atoms with Crippen molar-refractivity contribution in [2.24, 2.45) is 11.8 Å². The van der Waals surface area contributed by atoms with Gasteiger partial charge in [-0.3, -0.25) is 4.79 Å². The van der Waals surface area contributed by atoms with Gasteiger partial charge in [-0.2, -0.15) is 0 Å². The van der Waals surface area contributed by atoms with Crippen molar-refractivity contribution in [1.82, 2.24) is 0 Å². The van der Waals surface area contributed by atoms with E-state index in [0.29, 0.717) is 17.6 Å². The molecule has 3 atom stereocenters. The molecule has 1 unspecified atom stereocenters. The van der Waals surface area contributed by atoms with E-state index in [1.165, 1.54) is 5.57 Å². The first-order chi connectivity index (χ1) is 11.4. The first kappa shape index (κ1) is 18.7. The molecule has 132 valence electrons. The molecule has 0 saturated heterocycles. The highest BCUT2D eigenvalue weighted by Gasteiger charge is 2.37. The molecule has 0 radical (unpaired) electrons. The van der Waals surface area contributed by atoms with E-state index in [9.17, 15) is 15.0 Å². The summed E-state index contributed by atoms with van der Waals surface area (Å²) in [6.07, 6.45) is 8.39. The van der Waals surface area contributed by atoms with Gasteiger partial charge >= 0.3 is 0 Å². The first-order valence-corrected chi connectivity index (χ1v) is 9.06. The van der Waals surface area contributed by atoms with E-state index < -0.39 is 6.10 Å². The summed E-state index contributed by atoms with van der Waals surface area (Å²) in [4.78, 5) is 12.5. The lowest BCUT2D eigenvalue weighted by Gasteiger charge is -2.35. The van der Waals surface area contributed by atoms with Crippen LogP contribution in [0.1, 0.15) is 59.3 Å². The molecule has 24 heavy (non-hydrogen) atoms. The molecule has 2 rings (SSSR count). The maximum atomic E-state index is 12.5. The number of allylic oxidation sites excluding steroid dienone is 4. The minimum atomic E-state index is -0.895. The number of rotatable bonds is 6. The van der Waals surface area contributed by atoms with Gasteiger partial charge in [0.15, 0.2) is 5.76 Å². The van der Waals surface area contributed by atoms with Crippen molar-refractivity contribution in [2.75, 3.05) is 0 Å². The number of aliphatic hydroxyl groups is 2. The normalized spacial score (nSPS) is 27.8. The summed E-state index contributed by atoms with van der Waals surface area (Å²) in [6.45, 7) is 10.2. The molecule has 0 aromatic heterocycles. The molecule has 0 aromatic rings. The molecule has 0 fully saturated rings. The Morgan fingerprint density at radius 2 is 2.04 bits per heavy atom. The quantitative estimate of drug-likeness (QED) is 0.543. The minimum absolute atomic E-state index is 0.149. The largest absolute Gasteiger partial charge is 0.504 e. The van der Waals surface area contributed by atoms with Gasteiger partial charge in [-0.1, -0.05) is 43.6 Å². The van der Waals surface area contributed by atoms with Crippen molar-refractivity contribution >= 4 is 5.78 Å². The van der Waals surface area contributed by atoms with Crippen molar-refractivity contribution < 1.29 is 15.0 Å². The Kier molecular flexibility index (Phi) is 6.22. The summed E-state index contributed by atoms with van der Waals surface area (Å²) in [5.74, 6) is -0.561. The van der Waals surface area contributed by atoms with Crippen LogP contribution in [-0.4, -0.2) is 22.1 Å². The Balaban J connectivity index is 2.31. The summed E-state index contributed by atoms with van der Waals surface area (Å²) in [7, 11) is 0. The number of hydrogen-bond donors (Lipinski definition) is 2. The lowest BCUT2D eigenvalue weighted by atomic mass is 9.71. The van der Waals surface area contributed by atoms with Gasteiger partial charge in [-0.05, 0) is 51.5 Å². The standard InChI is InChI=1S/C21H30O3/c1-5-6-7-8-15-12-18(22)19(21(24)20(15)23)17-11-14(4)9-10-16(17)13(2)3/h11-12,16-18,22,24H,2,5-10H2,1,3-4H3/t16-,17+,18?/m0/s1. The Morgan fingerprint density at radius 1 is 1.33 bits per heavy atom. The summed E-state index contributed by atoms with van der Waals surface area (Å²) >= 11 is 0. The molecular formula is C21H30O3. The van der Waals surface area contributed by atoms with E-state index in [-0.39, 0.29) is 23.4 Å². The fraction of sp³-hybridized carbons (Fsp3) is 0.571. The van der Waals surface area contributed by atoms with Crippen LogP contribution in [0.5, 0.6) is 0 Å². The summed E-state index contributed by atoms with van der Waals surface area (Å²) in [5.41, 5.74) is 3.25. The molecule has 3 nitrogen and oxygen atoms in total. The van der Waals surface area contributed by atoms with Crippen LogP contribution in [0, 0.1) is 11.8 Å². The molecular weight excluding hydrogens is 300 g/mol. The highest BCUT2D eigenvalue weighted by Crippen LogP contribution is 2.41. The molecule has 2 N–H and O–H groups in total. The SMILES string of the molecule is C=C(C)[C@@H]1CCC(C)=C[C@H]1C1=C(O)C(=O)C(CCCCC)=CC1O. The predicted octanol–water partition coefficient (Wildman–Crippen LogP) is 4.80. The predicted molar refractivity (Wildman–Crippen MR) is 97.7 cm³/mol. The third kappa shape index (κ3) is 3.89. The lowest BCUT2D eigenvalue weighted by molar-refractivity contribution is -0.115. The van der Waals surface area contributed by atoms with Crippen LogP contribution in [0.4, 0.5) is 0 Å². The molecule has 2 aliphatic carbocycles. The maximum Gasteiger partial charge on any atom is 0.223 e. The van der Waals surface area contributed by atoms with Crippen LogP contribution < -0.4 is 0 Å². The van der Waals surface area contributed by atoms with Crippen LogP contribution in [0.2, 0.25) is 0 Å². The van der Waals surface area contributed by atoms with Crippen LogP contribution >= 0.6 is 0 Å². The average Bonchev–Trinajstić information content (AvgIpc) is 2.52. The number of unbranched alkanes of at least 4 members (excludes halogenated alkanes) is 2. The van der Waals surface area contributed by atoms with Crippen LogP contribution in [-0.2, 0) is 4.79 Å². The minimum Gasteiger partial charge on any atom is -0.504 e. The zero-order valence-electron chi connectivity index (χ0n) is 15.1. The number of Topliss-reactive ketones (excluding diaryl/α,β-unsaturated/α-hetero) is 1. The fourth-order valence-electron chi connectivity index (χ4n) is 3.82. The number of hydrogen-bond acceptors (Lipinski definition) is 3. The topological polar surface area (TPSA) is 57.5 Å². The maximum absolute atomic E-state index is 12.5. The van der Waals surface area contributed by atoms with Gasteiger partial charge in [0.2, 0.25) is 5.78 Å². The second kappa shape index (κ2) is 7.98. The molecule has 3 heteroatoms. The van der Waals surface area contributed by atoms with Crippen molar-refractivity contribution in [2.45, 2.75) is 65.4 Å². The number of carbonyl (C=O) groups excluding carboxylic acids is 1. The highest BCUT2D eigenvalue weighted by atomic mass is 16.3. The number of carbonyl (C=O) groups is 1. The van der Waals surface area contributed by atoms with Gasteiger partial charge in [0.05, 0.1) is 6.10 Å². The van der Waals surface area contributed by atoms with Gasteiger partial charge in [-0.15, -0.1) is 0 Å². The highest BCUT2D eigenvalue weighted by molar-refractivity contribution is 6.08. The molecule has 0 aliphatic heterocycles. The lowest BCUT2D eigenvalue weighted by Crippen LogP contribution is -2.31. The molecule has 0 heterocycles. The number of ketones is 1. The third-order valence-electron chi connectivity index (χ3n) is 5.25. The van der Waals surface area contributed by atoms with Gasteiger partial charge in [-0.25, -0.2) is 0 Å². The Morgan fingerprint density at radius 3 is 2.67 bits per heavy atom. The van der Waals surface area contributed by atoms with E-state index in [2.05, 4.69) is 26.5 Å². The van der Waals surface area contributed by atoms with Crippen LogP contribution in [0.25, 0.3) is 0 Å². The van der Waals surface area contributed by atoms with Gasteiger partial charge in [0.1, 0.15) is 0 Å². The van der Waals surface area contributed by atoms with E-state index >= 15 is 0 Å². The van der Waals surface area contributed by atoms with Crippen molar-refractivity contribution in [3.05, 3.63) is 46.8 Å². The van der Waals surface area contributed by atoms with Gasteiger partial charge < -0.3 is 10.2 Å². The summed E-state index contributed by atoms with van der Waals surface area (Å²) in [5, 5.41) is 21.2. The van der Waals surface area contributed by atoms with Crippen LogP contribution in [0.3, 0.4) is 0 Å². The van der Waals surface area contributed by atoms with Crippen molar-refractivity contribution in [3.63, 3.8) is 0 Å². The zero-order valence-corrected chi connectivity index (χ0v) is 15.1. The van der Waals surface area contributed by atoms with Crippen molar-refractivity contribution in [1.29, 1.82) is 0 Å². The number of aliphatic hydroxyl groups excluding tert-OH is 2. The first-order valence-electron chi connectivity index (χ1n) is 9.06. The average molecular weight is 330 g/mol. The Bertz CT molecular complexity index is 607. The van der Waals surface area contributed by atoms with Gasteiger partial charge in [0, 0.05) is 17.1 Å². The molecule has 0 spiro atoms. The van der Waals surface area contributed by atoms with E-state index in [0.717, 1.165) is 37.7 Å². The molecule has 2 aliphatic rings. The fourth-order valence-corrected chi connectivity index (χ4v) is 3.82. The Labute approximate surface area is 145 Å². The van der Waals surface area contributed by atoms with E-state index in [1.54, 1.807) is 6.08 Å². The zero-order chi connectivity index (χ0) is 17.9. The van der Waals surface area contributed by atoms with E-state index in [4.69, 9.17) is 0 Å². The van der Waals surface area contributed by atoms with Crippen LogP contribution in [0.15, 0.2) is 46.8 Å². The van der Waals surface area contributed by atoms with Gasteiger partial charge in [0.25, 0.3) is 0 Å². The molecule has 0 aromatic carbocycles. The summed E-state index contributed by atoms with van der Waals surface area (Å²) < 4.78 is 0. The van der Waals surface area contributed by atoms with E-state index in [1.807, 2.05) is 6.92 Å². The molecule has 0 saturated carbocycles.